The van der Waals surface area contributed by atoms with Gasteiger partial charge in [-0.25, -0.2) is 10.8 Å². The predicted molar refractivity (Wildman–Crippen MR) is 91.7 cm³/mol. The minimum Gasteiger partial charge on any atom is -0.308 e. The molecular formula is C17H18ClN3. The molecule has 3 rings (SSSR count). The molecule has 0 saturated carbocycles. The number of aromatic nitrogens is 1. The summed E-state index contributed by atoms with van der Waals surface area (Å²) in [6.07, 6.45) is 0. The zero-order chi connectivity index (χ0) is 14.1. The predicted octanol–water partition coefficient (Wildman–Crippen LogP) is 4.23. The summed E-state index contributed by atoms with van der Waals surface area (Å²) in [5.74, 6) is 6.34. The van der Waals surface area contributed by atoms with Crippen LogP contribution in [0.4, 0.5) is 5.82 Å². The van der Waals surface area contributed by atoms with E-state index in [2.05, 4.69) is 54.6 Å². The fourth-order valence-electron chi connectivity index (χ4n) is 2.39. The molecule has 1 aromatic heterocycles. The van der Waals surface area contributed by atoms with E-state index in [0.717, 1.165) is 22.0 Å². The van der Waals surface area contributed by atoms with Crippen LogP contribution in [-0.2, 0) is 0 Å². The van der Waals surface area contributed by atoms with Crippen LogP contribution in [0.25, 0.3) is 22.0 Å². The second-order valence-electron chi connectivity index (χ2n) is 5.02. The monoisotopic (exact) mass is 299 g/mol. The third-order valence-corrected chi connectivity index (χ3v) is 3.65. The van der Waals surface area contributed by atoms with Gasteiger partial charge in [0.05, 0.1) is 5.52 Å². The van der Waals surface area contributed by atoms with Gasteiger partial charge in [0.15, 0.2) is 0 Å². The van der Waals surface area contributed by atoms with Crippen LogP contribution in [0.15, 0.2) is 48.5 Å². The number of nitrogens with zero attached hydrogens (tertiary/aromatic N) is 1. The summed E-state index contributed by atoms with van der Waals surface area (Å²) in [4.78, 5) is 4.64. The largest absolute Gasteiger partial charge is 0.308 e. The fraction of sp³-hybridized carbons (Fsp3) is 0.118. The Bertz CT molecular complexity index is 770. The molecule has 3 nitrogen and oxygen atoms in total. The number of aryl methyl sites for hydroxylation is 2. The molecule has 4 heteroatoms. The number of pyridine rings is 1. The van der Waals surface area contributed by atoms with Crippen molar-refractivity contribution in [3.8, 4) is 11.1 Å². The summed E-state index contributed by atoms with van der Waals surface area (Å²) in [7, 11) is 0. The quantitative estimate of drug-likeness (QED) is 0.550. The number of hydrazine groups is 1. The summed E-state index contributed by atoms with van der Waals surface area (Å²) in [6, 6.07) is 16.6. The van der Waals surface area contributed by atoms with Crippen LogP contribution in [-0.4, -0.2) is 4.98 Å². The van der Waals surface area contributed by atoms with Crippen LogP contribution < -0.4 is 11.3 Å². The van der Waals surface area contributed by atoms with E-state index in [-0.39, 0.29) is 12.4 Å². The van der Waals surface area contributed by atoms with Crippen LogP contribution in [0, 0.1) is 13.8 Å². The molecule has 0 atom stereocenters. The third kappa shape index (κ3) is 2.84. The lowest BCUT2D eigenvalue weighted by molar-refractivity contribution is 1.25. The van der Waals surface area contributed by atoms with Crippen LogP contribution in [0.2, 0.25) is 0 Å². The highest BCUT2D eigenvalue weighted by Gasteiger charge is 2.09. The summed E-state index contributed by atoms with van der Waals surface area (Å²) in [5, 5.41) is 1.13. The lowest BCUT2D eigenvalue weighted by Gasteiger charge is -2.11. The highest BCUT2D eigenvalue weighted by atomic mass is 35.5. The number of benzene rings is 2. The molecule has 0 saturated heterocycles. The average Bonchev–Trinajstić information content (AvgIpc) is 2.48. The summed E-state index contributed by atoms with van der Waals surface area (Å²) < 4.78 is 0. The first kappa shape index (κ1) is 15.3. The van der Waals surface area contributed by atoms with Crippen LogP contribution in [0.5, 0.6) is 0 Å². The number of fused-ring (bicyclic) bond motifs is 1. The van der Waals surface area contributed by atoms with Gasteiger partial charge >= 0.3 is 0 Å². The molecular weight excluding hydrogens is 282 g/mol. The normalized spacial score (nSPS) is 10.2. The summed E-state index contributed by atoms with van der Waals surface area (Å²) in [5.41, 5.74) is 8.30. The van der Waals surface area contributed by atoms with Gasteiger partial charge in [-0.1, -0.05) is 30.3 Å². The minimum atomic E-state index is 0. The smallest absolute Gasteiger partial charge is 0.148 e. The molecule has 108 valence electrons. The van der Waals surface area contributed by atoms with Crippen molar-refractivity contribution in [1.29, 1.82) is 0 Å². The van der Waals surface area contributed by atoms with Gasteiger partial charge in [-0.15, -0.1) is 12.4 Å². The van der Waals surface area contributed by atoms with Crippen molar-refractivity contribution in [3.63, 3.8) is 0 Å². The standard InChI is InChI=1S/C17H17N3.ClH/c1-11-8-14-10-15(13-6-4-3-5-7-13)17(20-18)19-16(14)9-12(11)2;/h3-10H,18H2,1-2H3,(H,19,20);1H. The van der Waals surface area contributed by atoms with E-state index < -0.39 is 0 Å². The van der Waals surface area contributed by atoms with Crippen LogP contribution in [0.3, 0.4) is 0 Å². The Kier molecular flexibility index (Phi) is 4.46. The highest BCUT2D eigenvalue weighted by Crippen LogP contribution is 2.30. The first-order chi connectivity index (χ1) is 9.69. The Hall–Kier alpha value is -2.10. The Balaban J connectivity index is 0.00000161. The van der Waals surface area contributed by atoms with E-state index in [9.17, 15) is 0 Å². The first-order valence-corrected chi connectivity index (χ1v) is 6.63. The minimum absolute atomic E-state index is 0. The number of halogens is 1. The van der Waals surface area contributed by atoms with Crippen molar-refractivity contribution >= 4 is 29.1 Å². The van der Waals surface area contributed by atoms with E-state index >= 15 is 0 Å². The highest BCUT2D eigenvalue weighted by molar-refractivity contribution is 5.90. The number of nitrogen functional groups attached to an aromatic ring is 1. The van der Waals surface area contributed by atoms with E-state index in [4.69, 9.17) is 5.84 Å². The maximum absolute atomic E-state index is 5.63. The van der Waals surface area contributed by atoms with Crippen molar-refractivity contribution in [2.45, 2.75) is 13.8 Å². The SMILES string of the molecule is Cc1cc2cc(-c3ccccc3)c(NN)nc2cc1C.Cl. The lowest BCUT2D eigenvalue weighted by atomic mass is 10.0. The second kappa shape index (κ2) is 6.12. The molecule has 2 aromatic carbocycles. The summed E-state index contributed by atoms with van der Waals surface area (Å²) in [6.45, 7) is 4.21. The first-order valence-electron chi connectivity index (χ1n) is 6.63. The number of hydrogen-bond acceptors (Lipinski definition) is 3. The van der Waals surface area contributed by atoms with Crippen LogP contribution >= 0.6 is 12.4 Å². The molecule has 0 bridgehead atoms. The maximum atomic E-state index is 5.63. The van der Waals surface area contributed by atoms with E-state index in [1.54, 1.807) is 0 Å². The Morgan fingerprint density at radius 2 is 1.62 bits per heavy atom. The van der Waals surface area contributed by atoms with E-state index in [1.165, 1.54) is 11.1 Å². The molecule has 0 fully saturated rings. The number of anilines is 1. The molecule has 0 aliphatic heterocycles. The zero-order valence-electron chi connectivity index (χ0n) is 12.1. The van der Waals surface area contributed by atoms with Crippen molar-refractivity contribution < 1.29 is 0 Å². The van der Waals surface area contributed by atoms with Gasteiger partial charge in [-0.2, -0.15) is 0 Å². The third-order valence-electron chi connectivity index (χ3n) is 3.65. The van der Waals surface area contributed by atoms with Crippen molar-refractivity contribution in [3.05, 3.63) is 59.7 Å². The topological polar surface area (TPSA) is 50.9 Å². The van der Waals surface area contributed by atoms with Crippen molar-refractivity contribution in [2.75, 3.05) is 5.43 Å². The van der Waals surface area contributed by atoms with Gasteiger partial charge in [-0.3, -0.25) is 0 Å². The second-order valence-corrected chi connectivity index (χ2v) is 5.02. The maximum Gasteiger partial charge on any atom is 0.148 e. The number of rotatable bonds is 2. The lowest BCUT2D eigenvalue weighted by Crippen LogP contribution is -2.10. The fourth-order valence-corrected chi connectivity index (χ4v) is 2.39. The van der Waals surface area contributed by atoms with Crippen molar-refractivity contribution in [2.24, 2.45) is 5.84 Å². The summed E-state index contributed by atoms with van der Waals surface area (Å²) >= 11 is 0. The number of nitrogens with one attached hydrogen (secondary N) is 1. The van der Waals surface area contributed by atoms with Gasteiger partial charge in [0.1, 0.15) is 5.82 Å². The number of hydrogen-bond donors (Lipinski definition) is 2. The molecule has 0 radical (unpaired) electrons. The average molecular weight is 300 g/mol. The Morgan fingerprint density at radius 3 is 2.29 bits per heavy atom. The van der Waals surface area contributed by atoms with Crippen molar-refractivity contribution in [1.82, 2.24) is 4.98 Å². The van der Waals surface area contributed by atoms with Gasteiger partial charge in [0, 0.05) is 10.9 Å². The molecule has 3 N–H and O–H groups in total. The molecule has 21 heavy (non-hydrogen) atoms. The van der Waals surface area contributed by atoms with E-state index in [1.807, 2.05) is 18.2 Å². The molecule has 0 aliphatic rings. The molecule has 1 heterocycles. The molecule has 0 amide bonds. The zero-order valence-corrected chi connectivity index (χ0v) is 12.9. The van der Waals surface area contributed by atoms with E-state index in [0.29, 0.717) is 5.82 Å². The van der Waals surface area contributed by atoms with Gasteiger partial charge < -0.3 is 5.43 Å². The van der Waals surface area contributed by atoms with Gasteiger partial charge in [0.2, 0.25) is 0 Å². The molecule has 0 aliphatic carbocycles. The molecule has 0 unspecified atom stereocenters. The Labute approximate surface area is 130 Å². The molecule has 3 aromatic rings. The number of nitrogens with two attached hydrogens (primary N) is 1. The Morgan fingerprint density at radius 1 is 0.952 bits per heavy atom. The van der Waals surface area contributed by atoms with Gasteiger partial charge in [-0.05, 0) is 48.7 Å². The van der Waals surface area contributed by atoms with Crippen LogP contribution in [0.1, 0.15) is 11.1 Å². The molecule has 0 spiro atoms. The van der Waals surface area contributed by atoms with Gasteiger partial charge in [0.25, 0.3) is 0 Å².